The number of fused-ring (bicyclic) bond motifs is 3. The summed E-state index contributed by atoms with van der Waals surface area (Å²) in [6.45, 7) is 0.525. The van der Waals surface area contributed by atoms with Gasteiger partial charge >= 0.3 is 6.29 Å². The third-order valence-corrected chi connectivity index (χ3v) is 4.46. The van der Waals surface area contributed by atoms with Gasteiger partial charge in [-0.3, -0.25) is 4.90 Å². The van der Waals surface area contributed by atoms with Crippen LogP contribution in [0.1, 0.15) is 12.8 Å². The smallest absolute Gasteiger partial charge is 0.395 e. The van der Waals surface area contributed by atoms with Gasteiger partial charge in [0.15, 0.2) is 17.3 Å². The number of amidine groups is 1. The fourth-order valence-corrected chi connectivity index (χ4v) is 3.12. The number of benzene rings is 1. The molecule has 0 aliphatic carbocycles. The summed E-state index contributed by atoms with van der Waals surface area (Å²) < 4.78 is 62.1. The summed E-state index contributed by atoms with van der Waals surface area (Å²) in [5.74, 6) is -3.16. The number of piperidine rings is 1. The van der Waals surface area contributed by atoms with E-state index in [-0.39, 0.29) is 72.5 Å². The molecule has 1 aromatic carbocycles. The third-order valence-electron chi connectivity index (χ3n) is 4.46. The number of likely N-dealkylation sites (tertiary alicyclic amines) is 1. The molecule has 0 saturated carbocycles. The maximum absolute atomic E-state index is 13.4. The number of alkyl halides is 4. The molecule has 4 rings (SSSR count). The second-order valence-electron chi connectivity index (χ2n) is 6.60. The zero-order chi connectivity index (χ0) is 20.1. The summed E-state index contributed by atoms with van der Waals surface area (Å²) in [6.07, 6.45) is -4.31. The fraction of sp³-hybridized carbons (Fsp3) is 0.438. The first kappa shape index (κ1) is 18.5. The Hall–Kier alpha value is -2.89. The molecule has 0 radical (unpaired) electrons. The Labute approximate surface area is 156 Å². The normalized spacial score (nSPS) is 21.2. The summed E-state index contributed by atoms with van der Waals surface area (Å²) in [5.41, 5.74) is 11.6. The van der Waals surface area contributed by atoms with Crippen molar-refractivity contribution in [1.82, 2.24) is 14.9 Å². The van der Waals surface area contributed by atoms with Gasteiger partial charge in [0, 0.05) is 31.3 Å². The summed E-state index contributed by atoms with van der Waals surface area (Å²) in [6, 6.07) is 2.71. The van der Waals surface area contributed by atoms with Gasteiger partial charge in [-0.1, -0.05) is 0 Å². The Morgan fingerprint density at radius 3 is 2.57 bits per heavy atom. The predicted molar refractivity (Wildman–Crippen MR) is 92.1 cm³/mol. The first-order valence-corrected chi connectivity index (χ1v) is 8.41. The van der Waals surface area contributed by atoms with Crippen LogP contribution in [-0.2, 0) is 0 Å². The van der Waals surface area contributed by atoms with Crippen molar-refractivity contribution in [2.45, 2.75) is 25.1 Å². The van der Waals surface area contributed by atoms with Gasteiger partial charge in [0.1, 0.15) is 11.4 Å². The average molecular weight is 400 g/mol. The largest absolute Gasteiger partial charge is 0.586 e. The molecule has 0 bridgehead atoms. The fourth-order valence-electron chi connectivity index (χ4n) is 3.12. The molecule has 0 spiro atoms. The third kappa shape index (κ3) is 3.59. The average Bonchev–Trinajstić information content (AvgIpc) is 2.91. The highest BCUT2D eigenvalue weighted by Gasteiger charge is 2.45. The number of aromatic nitrogens is 2. The Kier molecular flexibility index (Phi) is 4.17. The van der Waals surface area contributed by atoms with Gasteiger partial charge in [-0.15, -0.1) is 8.78 Å². The van der Waals surface area contributed by atoms with Crippen LogP contribution in [0.5, 0.6) is 11.5 Å². The van der Waals surface area contributed by atoms with E-state index in [1.54, 1.807) is 4.90 Å². The van der Waals surface area contributed by atoms with Crippen molar-refractivity contribution in [1.29, 1.82) is 0 Å². The number of anilines is 1. The molecule has 0 atom stereocenters. The molecular weight excluding hydrogens is 384 g/mol. The zero-order valence-electron chi connectivity index (χ0n) is 14.5. The molecule has 150 valence electrons. The number of hydrogen-bond donors (Lipinski definition) is 2. The van der Waals surface area contributed by atoms with E-state index in [4.69, 9.17) is 11.5 Å². The van der Waals surface area contributed by atoms with Crippen LogP contribution in [-0.4, -0.2) is 52.6 Å². The van der Waals surface area contributed by atoms with E-state index in [1.165, 1.54) is 12.1 Å². The molecule has 2 aromatic rings. The van der Waals surface area contributed by atoms with E-state index in [0.717, 1.165) is 0 Å². The summed E-state index contributed by atoms with van der Waals surface area (Å²) in [7, 11) is 0. The molecule has 0 unspecified atom stereocenters. The first-order valence-electron chi connectivity index (χ1n) is 8.41. The maximum atomic E-state index is 13.4. The molecule has 3 heterocycles. The molecule has 1 aromatic heterocycles. The van der Waals surface area contributed by atoms with E-state index in [9.17, 15) is 17.6 Å². The van der Waals surface area contributed by atoms with Gasteiger partial charge in [0.25, 0.3) is 5.92 Å². The highest BCUT2D eigenvalue weighted by molar-refractivity contribution is 5.97. The lowest BCUT2D eigenvalue weighted by atomic mass is 10.1. The van der Waals surface area contributed by atoms with Crippen LogP contribution in [0.2, 0.25) is 0 Å². The SMILES string of the molecule is NC(CN1CCC(F)(F)CC1)=Nc1nc(N)nc2c3c(ccc12)OC(F)(F)O3. The van der Waals surface area contributed by atoms with E-state index in [0.29, 0.717) is 0 Å². The minimum absolute atomic E-state index is 0.00587. The number of ether oxygens (including phenoxy) is 2. The van der Waals surface area contributed by atoms with Gasteiger partial charge in [-0.05, 0) is 12.1 Å². The van der Waals surface area contributed by atoms with Crippen LogP contribution < -0.4 is 20.9 Å². The Bertz CT molecular complexity index is 958. The Morgan fingerprint density at radius 2 is 1.86 bits per heavy atom. The number of hydrogen-bond acceptors (Lipinski definition) is 7. The molecule has 1 saturated heterocycles. The highest BCUT2D eigenvalue weighted by Crippen LogP contribution is 2.46. The predicted octanol–water partition coefficient (Wildman–Crippen LogP) is 2.25. The van der Waals surface area contributed by atoms with Crippen molar-refractivity contribution in [3.05, 3.63) is 12.1 Å². The lowest BCUT2D eigenvalue weighted by Crippen LogP contribution is -2.43. The Balaban J connectivity index is 1.63. The summed E-state index contributed by atoms with van der Waals surface area (Å²) >= 11 is 0. The number of aliphatic imine (C=N–C) groups is 1. The molecule has 28 heavy (non-hydrogen) atoms. The number of rotatable bonds is 3. The second-order valence-corrected chi connectivity index (χ2v) is 6.60. The van der Waals surface area contributed by atoms with Crippen molar-refractivity contribution in [2.24, 2.45) is 10.7 Å². The van der Waals surface area contributed by atoms with Gasteiger partial charge in [0.2, 0.25) is 5.95 Å². The molecular formula is C16H16F4N6O2. The minimum atomic E-state index is -3.81. The maximum Gasteiger partial charge on any atom is 0.586 e. The molecule has 0 amide bonds. The van der Waals surface area contributed by atoms with Crippen molar-refractivity contribution < 1.29 is 27.0 Å². The van der Waals surface area contributed by atoms with Crippen molar-refractivity contribution in [3.63, 3.8) is 0 Å². The van der Waals surface area contributed by atoms with E-state index >= 15 is 0 Å². The topological polar surface area (TPSA) is 112 Å². The van der Waals surface area contributed by atoms with E-state index in [2.05, 4.69) is 24.4 Å². The van der Waals surface area contributed by atoms with Crippen LogP contribution in [0, 0.1) is 0 Å². The standard InChI is InChI=1S/C16H16F4N6O2/c17-15(18)3-5-26(6-4-15)7-10(21)23-13-8-1-2-9-12(28-16(19,20)27-9)11(8)24-14(22)25-13/h1-2H,3-7H2,(H4,21,22,23,24,25). The van der Waals surface area contributed by atoms with Gasteiger partial charge in [-0.25, -0.2) is 18.8 Å². The molecule has 4 N–H and O–H groups in total. The van der Waals surface area contributed by atoms with Crippen LogP contribution in [0.3, 0.4) is 0 Å². The van der Waals surface area contributed by atoms with E-state index in [1.807, 2.05) is 0 Å². The molecule has 1 fully saturated rings. The molecule has 2 aliphatic heterocycles. The lowest BCUT2D eigenvalue weighted by molar-refractivity contribution is -0.286. The zero-order valence-corrected chi connectivity index (χ0v) is 14.5. The monoisotopic (exact) mass is 400 g/mol. The quantitative estimate of drug-likeness (QED) is 0.462. The Morgan fingerprint density at radius 1 is 1.14 bits per heavy atom. The minimum Gasteiger partial charge on any atom is -0.395 e. The van der Waals surface area contributed by atoms with Gasteiger partial charge in [0.05, 0.1) is 6.54 Å². The van der Waals surface area contributed by atoms with Crippen LogP contribution in [0.15, 0.2) is 17.1 Å². The number of nitrogens with zero attached hydrogens (tertiary/aromatic N) is 4. The van der Waals surface area contributed by atoms with Crippen molar-refractivity contribution in [3.8, 4) is 11.5 Å². The van der Waals surface area contributed by atoms with Gasteiger partial charge in [-0.2, -0.15) is 4.98 Å². The number of halogens is 4. The van der Waals surface area contributed by atoms with Crippen LogP contribution in [0.25, 0.3) is 10.9 Å². The van der Waals surface area contributed by atoms with Crippen molar-refractivity contribution >= 4 is 28.5 Å². The molecule has 12 heteroatoms. The number of nitrogens with two attached hydrogens (primary N) is 2. The van der Waals surface area contributed by atoms with E-state index < -0.39 is 12.2 Å². The van der Waals surface area contributed by atoms with Crippen molar-refractivity contribution in [2.75, 3.05) is 25.4 Å². The lowest BCUT2D eigenvalue weighted by Gasteiger charge is -2.31. The molecule has 8 nitrogen and oxygen atoms in total. The second kappa shape index (κ2) is 6.33. The van der Waals surface area contributed by atoms with Crippen LogP contribution in [0.4, 0.5) is 29.3 Å². The summed E-state index contributed by atoms with van der Waals surface area (Å²) in [5, 5.41) is 0.280. The summed E-state index contributed by atoms with van der Waals surface area (Å²) in [4.78, 5) is 13.9. The van der Waals surface area contributed by atoms with Crippen LogP contribution >= 0.6 is 0 Å². The molecule has 2 aliphatic rings. The first-order chi connectivity index (χ1) is 13.1. The van der Waals surface area contributed by atoms with Gasteiger partial charge < -0.3 is 20.9 Å². The highest BCUT2D eigenvalue weighted by atomic mass is 19.3. The number of nitrogen functional groups attached to an aromatic ring is 1.